The van der Waals surface area contributed by atoms with Crippen molar-refractivity contribution >= 4 is 37.6 Å². The minimum atomic E-state index is -2.27. The van der Waals surface area contributed by atoms with Gasteiger partial charge in [-0.15, -0.1) is 0 Å². The van der Waals surface area contributed by atoms with Crippen LogP contribution in [0.1, 0.15) is 59.8 Å². The van der Waals surface area contributed by atoms with Crippen LogP contribution in [0.5, 0.6) is 0 Å². The van der Waals surface area contributed by atoms with Gasteiger partial charge < -0.3 is 9.16 Å². The number of nitrogens with zero attached hydrogens (tertiary/aromatic N) is 4. The summed E-state index contributed by atoms with van der Waals surface area (Å²) in [6.45, 7) is 16.6. The number of nitrogens with one attached hydrogen (secondary N) is 2. The summed E-state index contributed by atoms with van der Waals surface area (Å²) in [5.74, 6) is -0.454. The number of amides is 1. The van der Waals surface area contributed by atoms with E-state index in [0.717, 1.165) is 12.0 Å². The molecule has 0 spiro atoms. The number of fused-ring (bicyclic) bond motifs is 1. The molecule has 39 heavy (non-hydrogen) atoms. The molecule has 1 aromatic carbocycles. The number of H-pyrrole nitrogens is 1. The Morgan fingerprint density at radius 1 is 1.28 bits per heavy atom. The molecule has 10 nitrogen and oxygen atoms in total. The highest BCUT2D eigenvalue weighted by Gasteiger charge is 2.50. The summed E-state index contributed by atoms with van der Waals surface area (Å²) in [4.78, 5) is 41.7. The summed E-state index contributed by atoms with van der Waals surface area (Å²) in [6.07, 6.45) is 2.88. The van der Waals surface area contributed by atoms with Gasteiger partial charge in [-0.1, -0.05) is 71.9 Å². The molecule has 0 bridgehead atoms. The van der Waals surface area contributed by atoms with Crippen LogP contribution in [-0.4, -0.2) is 58.2 Å². The number of aromatic nitrogens is 4. The zero-order chi connectivity index (χ0) is 28.5. The maximum atomic E-state index is 12.9. The summed E-state index contributed by atoms with van der Waals surface area (Å²) in [5.41, 5.74) is 1.03. The molecule has 0 aliphatic carbocycles. The van der Waals surface area contributed by atoms with Crippen molar-refractivity contribution in [1.82, 2.24) is 19.5 Å². The maximum Gasteiger partial charge on any atom is 0.280 e. The Kier molecular flexibility index (Phi) is 8.24. The molecule has 1 fully saturated rings. The van der Waals surface area contributed by atoms with E-state index in [4.69, 9.17) is 14.2 Å². The number of rotatable bonds is 8. The molecule has 2 N–H and O–H groups in total. The second-order valence-corrected chi connectivity index (χ2v) is 16.6. The lowest BCUT2D eigenvalue weighted by Crippen LogP contribution is -2.48. The van der Waals surface area contributed by atoms with Crippen LogP contribution >= 0.6 is 0 Å². The average Bonchev–Trinajstić information content (AvgIpc) is 3.43. The minimum Gasteiger partial charge on any atom is -0.407 e. The molecule has 1 saturated heterocycles. The van der Waals surface area contributed by atoms with Crippen LogP contribution in [0, 0.1) is 5.92 Å². The van der Waals surface area contributed by atoms with Crippen molar-refractivity contribution in [3.8, 4) is 0 Å². The highest BCUT2D eigenvalue weighted by atomic mass is 28.4. The Labute approximate surface area is 230 Å². The van der Waals surface area contributed by atoms with Crippen LogP contribution < -0.4 is 10.9 Å². The molecule has 3 aromatic rings. The summed E-state index contributed by atoms with van der Waals surface area (Å²) in [7, 11) is -2.27. The Morgan fingerprint density at radius 2 is 1.97 bits per heavy atom. The summed E-state index contributed by atoms with van der Waals surface area (Å²) in [5, 5.41) is 2.64. The fourth-order valence-electron chi connectivity index (χ4n) is 4.25. The number of aliphatic imine (C=N–C) groups is 1. The molecule has 4 atom stereocenters. The van der Waals surface area contributed by atoms with Crippen LogP contribution in [0.25, 0.3) is 11.2 Å². The van der Waals surface area contributed by atoms with E-state index < -0.39 is 26.2 Å². The number of carbonyl (C=O) groups excluding carboxylic acids is 1. The van der Waals surface area contributed by atoms with E-state index in [-0.39, 0.29) is 40.5 Å². The Morgan fingerprint density at radius 3 is 2.59 bits per heavy atom. The molecule has 4 rings (SSSR count). The number of ether oxygens (including phenoxy) is 1. The highest BCUT2D eigenvalue weighted by Crippen LogP contribution is 2.43. The van der Waals surface area contributed by atoms with Crippen LogP contribution in [0.15, 0.2) is 46.4 Å². The summed E-state index contributed by atoms with van der Waals surface area (Å²) >= 11 is 0. The Hall–Kier alpha value is -3.15. The third-order valence-corrected chi connectivity index (χ3v) is 12.1. The van der Waals surface area contributed by atoms with Crippen LogP contribution in [0.2, 0.25) is 18.1 Å². The average molecular weight is 553 g/mol. The van der Waals surface area contributed by atoms with Gasteiger partial charge in [0.2, 0.25) is 11.9 Å². The largest absolute Gasteiger partial charge is 0.407 e. The van der Waals surface area contributed by atoms with Crippen molar-refractivity contribution < 1.29 is 14.0 Å². The first-order valence-corrected chi connectivity index (χ1v) is 16.4. The third kappa shape index (κ3) is 6.05. The van der Waals surface area contributed by atoms with Gasteiger partial charge in [0.25, 0.3) is 5.56 Å². The lowest BCUT2D eigenvalue weighted by Gasteiger charge is -2.40. The second kappa shape index (κ2) is 11.1. The van der Waals surface area contributed by atoms with E-state index in [1.165, 1.54) is 0 Å². The molecular weight excluding hydrogens is 512 g/mol. The molecule has 0 radical (unpaired) electrons. The highest BCUT2D eigenvalue weighted by molar-refractivity contribution is 6.74. The van der Waals surface area contributed by atoms with E-state index in [1.54, 1.807) is 24.7 Å². The van der Waals surface area contributed by atoms with Crippen molar-refractivity contribution in [3.05, 3.63) is 52.6 Å². The first kappa shape index (κ1) is 28.8. The molecule has 1 aliphatic heterocycles. The monoisotopic (exact) mass is 552 g/mol. The van der Waals surface area contributed by atoms with Crippen molar-refractivity contribution in [3.63, 3.8) is 0 Å². The van der Waals surface area contributed by atoms with Crippen molar-refractivity contribution in [1.29, 1.82) is 0 Å². The maximum absolute atomic E-state index is 12.9. The quantitative estimate of drug-likeness (QED) is 0.303. The number of benzene rings is 1. The number of hydrogen-bond donors (Lipinski definition) is 2. The lowest BCUT2D eigenvalue weighted by atomic mass is 10.1. The normalized spacial score (nSPS) is 22.3. The molecule has 3 heterocycles. The van der Waals surface area contributed by atoms with Crippen LogP contribution in [0.3, 0.4) is 0 Å². The van der Waals surface area contributed by atoms with Gasteiger partial charge in [0.05, 0.1) is 12.4 Å². The number of hydrogen-bond acceptors (Lipinski definition) is 7. The summed E-state index contributed by atoms with van der Waals surface area (Å²) in [6, 6.07) is 9.66. The van der Waals surface area contributed by atoms with Gasteiger partial charge in [-0.25, -0.2) is 4.98 Å². The first-order chi connectivity index (χ1) is 18.3. The smallest absolute Gasteiger partial charge is 0.280 e. The number of aromatic amines is 1. The Balaban J connectivity index is 1.80. The number of anilines is 1. The van der Waals surface area contributed by atoms with Crippen LogP contribution in [0.4, 0.5) is 5.95 Å². The van der Waals surface area contributed by atoms with Crippen molar-refractivity contribution in [2.24, 2.45) is 10.9 Å². The van der Waals surface area contributed by atoms with E-state index in [9.17, 15) is 9.59 Å². The second-order valence-electron chi connectivity index (χ2n) is 11.9. The van der Waals surface area contributed by atoms with Gasteiger partial charge in [-0.2, -0.15) is 4.98 Å². The van der Waals surface area contributed by atoms with Gasteiger partial charge in [0, 0.05) is 12.1 Å². The van der Waals surface area contributed by atoms with Crippen molar-refractivity contribution in [2.45, 2.75) is 90.6 Å². The van der Waals surface area contributed by atoms with Gasteiger partial charge in [-0.3, -0.25) is 29.4 Å². The van der Waals surface area contributed by atoms with Gasteiger partial charge in [0.15, 0.2) is 25.7 Å². The predicted octanol–water partition coefficient (Wildman–Crippen LogP) is 4.90. The topological polar surface area (TPSA) is 123 Å². The van der Waals surface area contributed by atoms with Gasteiger partial charge in [-0.05, 0) is 30.1 Å². The van der Waals surface area contributed by atoms with Gasteiger partial charge in [0.1, 0.15) is 12.1 Å². The molecular formula is C28H40N6O4Si. The van der Waals surface area contributed by atoms with E-state index >= 15 is 0 Å². The van der Waals surface area contributed by atoms with E-state index in [0.29, 0.717) is 5.65 Å². The molecule has 0 saturated carbocycles. The molecule has 11 heteroatoms. The zero-order valence-corrected chi connectivity index (χ0v) is 25.1. The zero-order valence-electron chi connectivity index (χ0n) is 24.1. The molecule has 210 valence electrons. The third-order valence-electron chi connectivity index (χ3n) is 7.62. The molecule has 1 aliphatic rings. The predicted molar refractivity (Wildman–Crippen MR) is 156 cm³/mol. The number of imidazole rings is 1. The van der Waals surface area contributed by atoms with E-state index in [1.807, 2.05) is 36.5 Å². The van der Waals surface area contributed by atoms with E-state index in [2.05, 4.69) is 61.1 Å². The summed E-state index contributed by atoms with van der Waals surface area (Å²) < 4.78 is 15.4. The first-order valence-electron chi connectivity index (χ1n) is 13.5. The molecule has 1 amide bonds. The number of carbonyl (C=O) groups is 1. The standard InChI is InChI=1S/C28H40N6O4Si/c1-9-19-20(29-15-18-13-11-10-12-14-18)22(38-39(7,8)28(4,5)6)26(37-19)34-16-30-21-23(34)31-27(33-25(21)36)32-24(35)17(2)3/h10-17,19-20,22,26H,9H2,1-8H3,(H2,31,32,33,35,36)/t19-,20-,22-,26-/m1/s1. The fraction of sp³-hybridized carbons (Fsp3) is 0.536. The molecule has 0 unspecified atom stereocenters. The fourth-order valence-corrected chi connectivity index (χ4v) is 5.54. The van der Waals surface area contributed by atoms with Crippen molar-refractivity contribution in [2.75, 3.05) is 5.32 Å². The Bertz CT molecular complexity index is 1390. The SMILES string of the molecule is CC[C@H]1O[C@@H](n2cnc3c(=O)[nH]c(NC(=O)C(C)C)nc32)[C@H](O[Si](C)(C)C(C)(C)C)[C@@H]1N=Cc1ccccc1. The molecule has 2 aromatic heterocycles. The minimum absolute atomic E-state index is 0.0454. The lowest BCUT2D eigenvalue weighted by molar-refractivity contribution is -0.118. The van der Waals surface area contributed by atoms with Gasteiger partial charge >= 0.3 is 0 Å². The van der Waals surface area contributed by atoms with Crippen LogP contribution in [-0.2, 0) is 14.0 Å².